The van der Waals surface area contributed by atoms with Gasteiger partial charge < -0.3 is 10.4 Å². The molecule has 0 spiro atoms. The summed E-state index contributed by atoms with van der Waals surface area (Å²) in [6.45, 7) is 4.03. The molecule has 0 unspecified atom stereocenters. The molecule has 1 aliphatic rings. The van der Waals surface area contributed by atoms with E-state index in [-0.39, 0.29) is 0 Å². The maximum Gasteiger partial charge on any atom is 0.319 e. The fourth-order valence-corrected chi connectivity index (χ4v) is 2.36. The lowest BCUT2D eigenvalue weighted by Crippen LogP contribution is -2.31. The van der Waals surface area contributed by atoms with E-state index >= 15 is 0 Å². The molecule has 6 heteroatoms. The van der Waals surface area contributed by atoms with E-state index < -0.39 is 17.3 Å². The molecule has 0 bridgehead atoms. The lowest BCUT2D eigenvalue weighted by atomic mass is 10.1. The number of carbonyl (C=O) groups is 2. The van der Waals surface area contributed by atoms with Crippen LogP contribution in [0.15, 0.2) is 5.38 Å². The Balaban J connectivity index is 2.06. The molecule has 0 aromatic carbocycles. The minimum Gasteiger partial charge on any atom is -0.480 e. The predicted octanol–water partition coefficient (Wildman–Crippen LogP) is 2.07. The number of aromatic nitrogens is 1. The van der Waals surface area contributed by atoms with Gasteiger partial charge in [0.15, 0.2) is 5.13 Å². The number of nitrogens with zero attached hydrogens (tertiary/aromatic N) is 1. The van der Waals surface area contributed by atoms with Crippen LogP contribution in [0.1, 0.15) is 38.3 Å². The van der Waals surface area contributed by atoms with E-state index in [0.717, 1.165) is 5.69 Å². The Morgan fingerprint density at radius 3 is 2.59 bits per heavy atom. The van der Waals surface area contributed by atoms with Crippen molar-refractivity contribution in [1.82, 2.24) is 4.98 Å². The molecule has 1 fully saturated rings. The molecule has 1 amide bonds. The smallest absolute Gasteiger partial charge is 0.319 e. The normalized spacial score (nSPS) is 16.9. The zero-order chi connectivity index (χ0) is 12.6. The maximum absolute atomic E-state index is 11.8. The maximum atomic E-state index is 11.8. The van der Waals surface area contributed by atoms with Crippen LogP contribution >= 0.6 is 11.3 Å². The number of amides is 1. The van der Waals surface area contributed by atoms with Crippen molar-refractivity contribution in [2.24, 2.45) is 5.41 Å². The molecule has 2 rings (SSSR count). The highest BCUT2D eigenvalue weighted by molar-refractivity contribution is 7.14. The van der Waals surface area contributed by atoms with Crippen LogP contribution in [0.2, 0.25) is 0 Å². The second-order valence-electron chi connectivity index (χ2n) is 4.57. The molecule has 1 saturated carbocycles. The van der Waals surface area contributed by atoms with Crippen LogP contribution in [0.25, 0.3) is 0 Å². The monoisotopic (exact) mass is 254 g/mol. The summed E-state index contributed by atoms with van der Waals surface area (Å²) in [6, 6.07) is 0. The van der Waals surface area contributed by atoms with E-state index in [1.54, 1.807) is 0 Å². The van der Waals surface area contributed by atoms with E-state index in [9.17, 15) is 9.59 Å². The lowest BCUT2D eigenvalue weighted by Gasteiger charge is -2.08. The molecule has 17 heavy (non-hydrogen) atoms. The Kier molecular flexibility index (Phi) is 2.91. The first-order valence-electron chi connectivity index (χ1n) is 5.46. The van der Waals surface area contributed by atoms with Crippen molar-refractivity contribution >= 4 is 28.3 Å². The van der Waals surface area contributed by atoms with Gasteiger partial charge in [-0.15, -0.1) is 11.3 Å². The molecule has 0 saturated heterocycles. The van der Waals surface area contributed by atoms with Gasteiger partial charge in [-0.2, -0.15) is 0 Å². The van der Waals surface area contributed by atoms with Gasteiger partial charge in [0.1, 0.15) is 5.41 Å². The minimum atomic E-state index is -1.20. The Morgan fingerprint density at radius 2 is 2.18 bits per heavy atom. The molecule has 1 aromatic rings. The standard InChI is InChI=1S/C11H14N2O3S/c1-6(2)7-5-17-10(12-7)13-8(14)11(3-4-11)9(15)16/h5-6H,3-4H2,1-2H3,(H,15,16)(H,12,13,14). The number of anilines is 1. The van der Waals surface area contributed by atoms with Gasteiger partial charge in [-0.25, -0.2) is 4.98 Å². The van der Waals surface area contributed by atoms with E-state index in [4.69, 9.17) is 5.11 Å². The second kappa shape index (κ2) is 4.10. The molecule has 5 nitrogen and oxygen atoms in total. The van der Waals surface area contributed by atoms with Crippen molar-refractivity contribution in [1.29, 1.82) is 0 Å². The van der Waals surface area contributed by atoms with E-state index in [1.807, 2.05) is 19.2 Å². The van der Waals surface area contributed by atoms with Gasteiger partial charge in [-0.3, -0.25) is 9.59 Å². The Morgan fingerprint density at radius 1 is 1.53 bits per heavy atom. The van der Waals surface area contributed by atoms with Gasteiger partial charge in [-0.05, 0) is 18.8 Å². The van der Waals surface area contributed by atoms with Crippen LogP contribution in [0.3, 0.4) is 0 Å². The summed E-state index contributed by atoms with van der Waals surface area (Å²) in [5.41, 5.74) is -0.297. The van der Waals surface area contributed by atoms with Gasteiger partial charge in [0.2, 0.25) is 5.91 Å². The van der Waals surface area contributed by atoms with Gasteiger partial charge in [0, 0.05) is 5.38 Å². The molecule has 92 valence electrons. The highest BCUT2D eigenvalue weighted by atomic mass is 32.1. The van der Waals surface area contributed by atoms with E-state index in [1.165, 1.54) is 11.3 Å². The van der Waals surface area contributed by atoms with Crippen LogP contribution < -0.4 is 5.32 Å². The van der Waals surface area contributed by atoms with Crippen molar-refractivity contribution in [2.45, 2.75) is 32.6 Å². The topological polar surface area (TPSA) is 79.3 Å². The number of carboxylic acids is 1. The molecule has 0 radical (unpaired) electrons. The van der Waals surface area contributed by atoms with Crippen LogP contribution in [0, 0.1) is 5.41 Å². The number of carboxylic acid groups (broad SMARTS) is 1. The Labute approximate surface area is 103 Å². The largest absolute Gasteiger partial charge is 0.480 e. The summed E-state index contributed by atoms with van der Waals surface area (Å²) in [5.74, 6) is -1.20. The first-order valence-corrected chi connectivity index (χ1v) is 6.34. The zero-order valence-electron chi connectivity index (χ0n) is 9.69. The summed E-state index contributed by atoms with van der Waals surface area (Å²) in [4.78, 5) is 27.0. The van der Waals surface area contributed by atoms with E-state index in [2.05, 4.69) is 10.3 Å². The third-order valence-corrected chi connectivity index (χ3v) is 3.70. The van der Waals surface area contributed by atoms with Crippen LogP contribution in [0.5, 0.6) is 0 Å². The van der Waals surface area contributed by atoms with Crippen LogP contribution in [-0.4, -0.2) is 22.0 Å². The quantitative estimate of drug-likeness (QED) is 0.806. The number of nitrogens with one attached hydrogen (secondary N) is 1. The molecule has 0 atom stereocenters. The molecule has 1 aliphatic carbocycles. The predicted molar refractivity (Wildman–Crippen MR) is 64.1 cm³/mol. The average Bonchev–Trinajstić information content (AvgIpc) is 2.94. The summed E-state index contributed by atoms with van der Waals surface area (Å²) >= 11 is 1.33. The van der Waals surface area contributed by atoms with E-state index in [0.29, 0.717) is 23.9 Å². The van der Waals surface area contributed by atoms with Crippen molar-refractivity contribution in [3.8, 4) is 0 Å². The molecule has 2 N–H and O–H groups in total. The fourth-order valence-electron chi connectivity index (χ4n) is 1.49. The first kappa shape index (κ1) is 12.0. The fraction of sp³-hybridized carbons (Fsp3) is 0.545. The highest BCUT2D eigenvalue weighted by Gasteiger charge is 2.57. The van der Waals surface area contributed by atoms with Gasteiger partial charge in [-0.1, -0.05) is 13.8 Å². The number of hydrogen-bond donors (Lipinski definition) is 2. The third-order valence-electron chi connectivity index (χ3n) is 2.93. The van der Waals surface area contributed by atoms with Crippen LogP contribution in [-0.2, 0) is 9.59 Å². The second-order valence-corrected chi connectivity index (χ2v) is 5.43. The van der Waals surface area contributed by atoms with Crippen molar-refractivity contribution in [3.05, 3.63) is 11.1 Å². The first-order chi connectivity index (χ1) is 7.95. The van der Waals surface area contributed by atoms with Gasteiger partial charge in [0.25, 0.3) is 0 Å². The number of thiazole rings is 1. The minimum absolute atomic E-state index is 0.297. The summed E-state index contributed by atoms with van der Waals surface area (Å²) in [6.07, 6.45) is 0.827. The summed E-state index contributed by atoms with van der Waals surface area (Å²) in [5, 5.41) is 13.9. The third kappa shape index (κ3) is 2.17. The molecule has 1 aromatic heterocycles. The Bertz CT molecular complexity index is 463. The van der Waals surface area contributed by atoms with Crippen molar-refractivity contribution in [3.63, 3.8) is 0 Å². The summed E-state index contributed by atoms with van der Waals surface area (Å²) < 4.78 is 0. The average molecular weight is 254 g/mol. The van der Waals surface area contributed by atoms with Gasteiger partial charge >= 0.3 is 5.97 Å². The number of rotatable bonds is 4. The Hall–Kier alpha value is -1.43. The molecule has 0 aliphatic heterocycles. The SMILES string of the molecule is CC(C)c1csc(NC(=O)C2(C(=O)O)CC2)n1. The molecule has 1 heterocycles. The molecular formula is C11H14N2O3S. The number of aliphatic carboxylic acids is 1. The highest BCUT2D eigenvalue weighted by Crippen LogP contribution is 2.46. The lowest BCUT2D eigenvalue weighted by molar-refractivity contribution is -0.147. The number of carbonyl (C=O) groups excluding carboxylic acids is 1. The number of hydrogen-bond acceptors (Lipinski definition) is 4. The van der Waals surface area contributed by atoms with Crippen molar-refractivity contribution < 1.29 is 14.7 Å². The van der Waals surface area contributed by atoms with Crippen molar-refractivity contribution in [2.75, 3.05) is 5.32 Å². The summed E-state index contributed by atoms with van der Waals surface area (Å²) in [7, 11) is 0. The zero-order valence-corrected chi connectivity index (χ0v) is 10.5. The molecular weight excluding hydrogens is 240 g/mol. The van der Waals surface area contributed by atoms with Gasteiger partial charge in [0.05, 0.1) is 5.69 Å². The van der Waals surface area contributed by atoms with Crippen LogP contribution in [0.4, 0.5) is 5.13 Å².